The summed E-state index contributed by atoms with van der Waals surface area (Å²) in [6.07, 6.45) is -0.426. The number of ketones is 1. The number of hydrogen-bond donors (Lipinski definition) is 1. The van der Waals surface area contributed by atoms with Gasteiger partial charge in [-0.05, 0) is 6.92 Å². The fourth-order valence-electron chi connectivity index (χ4n) is 0.339. The first-order valence-electron chi connectivity index (χ1n) is 2.33. The summed E-state index contributed by atoms with van der Waals surface area (Å²) in [4.78, 5) is 10.3. The fraction of sp³-hybridized carbons (Fsp3) is 0.600. The van der Waals surface area contributed by atoms with E-state index in [-0.39, 0.29) is 12.2 Å². The number of aliphatic hydroxyl groups excluding tert-OH is 1. The van der Waals surface area contributed by atoms with Crippen molar-refractivity contribution >= 4 is 23.4 Å². The van der Waals surface area contributed by atoms with Crippen molar-refractivity contribution in [3.8, 4) is 0 Å². The zero-order valence-electron chi connectivity index (χ0n) is 4.63. The van der Waals surface area contributed by atoms with Crippen molar-refractivity contribution < 1.29 is 9.90 Å². The molecule has 3 heteroatoms. The average Bonchev–Trinajstić information content (AvgIpc) is 1.65. The lowest BCUT2D eigenvalue weighted by atomic mass is 10.2. The Morgan fingerprint density at radius 1 is 2.00 bits per heavy atom. The minimum atomic E-state index is -0.568. The van der Waals surface area contributed by atoms with Crippen LogP contribution in [0.3, 0.4) is 0 Å². The van der Waals surface area contributed by atoms with Gasteiger partial charge in [0.1, 0.15) is 0 Å². The average molecular weight is 132 g/mol. The molecular formula is C5H8O2S. The highest BCUT2D eigenvalue weighted by molar-refractivity contribution is 7.80. The maximum atomic E-state index is 10.3. The van der Waals surface area contributed by atoms with Crippen LogP contribution in [-0.2, 0) is 4.79 Å². The molecule has 0 saturated heterocycles. The van der Waals surface area contributed by atoms with Gasteiger partial charge in [-0.1, -0.05) is 12.2 Å². The molecule has 2 nitrogen and oxygen atoms in total. The predicted octanol–water partition coefficient (Wildman–Crippen LogP) is 0.326. The van der Waals surface area contributed by atoms with E-state index in [1.807, 2.05) is 0 Å². The molecule has 0 amide bonds. The van der Waals surface area contributed by atoms with Crippen molar-refractivity contribution in [1.82, 2.24) is 0 Å². The molecule has 46 valence electrons. The van der Waals surface area contributed by atoms with Gasteiger partial charge in [0.2, 0.25) is 0 Å². The maximum Gasteiger partial charge on any atom is 0.168 e. The molecule has 0 spiro atoms. The summed E-state index contributed by atoms with van der Waals surface area (Å²) in [6, 6.07) is 0. The number of aliphatic hydroxyl groups is 1. The topological polar surface area (TPSA) is 37.3 Å². The van der Waals surface area contributed by atoms with Gasteiger partial charge in [-0.15, -0.1) is 0 Å². The van der Waals surface area contributed by atoms with Crippen molar-refractivity contribution in [1.29, 1.82) is 0 Å². The Kier molecular flexibility index (Phi) is 3.56. The lowest BCUT2D eigenvalue weighted by Crippen LogP contribution is -2.08. The molecule has 0 aliphatic heterocycles. The third kappa shape index (κ3) is 3.89. The molecule has 0 saturated carbocycles. The highest BCUT2D eigenvalue weighted by Crippen LogP contribution is 1.87. The summed E-state index contributed by atoms with van der Waals surface area (Å²) in [6.45, 7) is 1.55. The first kappa shape index (κ1) is 7.72. The Morgan fingerprint density at radius 2 is 2.50 bits per heavy atom. The smallest absolute Gasteiger partial charge is 0.168 e. The third-order valence-electron chi connectivity index (χ3n) is 0.628. The molecule has 0 radical (unpaired) electrons. The molecule has 0 heterocycles. The minimum Gasteiger partial charge on any atom is -0.393 e. The van der Waals surface area contributed by atoms with Crippen molar-refractivity contribution in [2.24, 2.45) is 0 Å². The quantitative estimate of drug-likeness (QED) is 0.562. The molecule has 0 aromatic heterocycles. The van der Waals surface area contributed by atoms with E-state index in [4.69, 9.17) is 5.11 Å². The van der Waals surface area contributed by atoms with E-state index in [2.05, 4.69) is 12.2 Å². The molecule has 0 aliphatic rings. The fourth-order valence-corrected chi connectivity index (χ4v) is 0.435. The number of thiocarbonyl (C=S) groups is 1. The second-order valence-electron chi connectivity index (χ2n) is 1.64. The van der Waals surface area contributed by atoms with Crippen LogP contribution >= 0.6 is 12.2 Å². The Hall–Kier alpha value is -0.280. The molecule has 8 heavy (non-hydrogen) atoms. The van der Waals surface area contributed by atoms with Crippen LogP contribution in [0.5, 0.6) is 0 Å². The van der Waals surface area contributed by atoms with E-state index < -0.39 is 6.10 Å². The van der Waals surface area contributed by atoms with Crippen LogP contribution < -0.4 is 0 Å². The molecule has 1 unspecified atom stereocenters. The van der Waals surface area contributed by atoms with Crippen LogP contribution in [0.15, 0.2) is 0 Å². The molecule has 0 aromatic carbocycles. The molecule has 0 bridgehead atoms. The second kappa shape index (κ2) is 3.69. The summed E-state index contributed by atoms with van der Waals surface area (Å²) in [5.41, 5.74) is 0. The zero-order valence-corrected chi connectivity index (χ0v) is 5.44. The summed E-state index contributed by atoms with van der Waals surface area (Å²) in [7, 11) is 0. The van der Waals surface area contributed by atoms with E-state index in [1.165, 1.54) is 0 Å². The molecule has 0 fully saturated rings. The first-order valence-corrected chi connectivity index (χ1v) is 2.80. The van der Waals surface area contributed by atoms with Crippen LogP contribution in [0.1, 0.15) is 13.3 Å². The van der Waals surface area contributed by atoms with Gasteiger partial charge < -0.3 is 5.11 Å². The maximum absolute atomic E-state index is 10.3. The van der Waals surface area contributed by atoms with Gasteiger partial charge in [-0.2, -0.15) is 0 Å². The normalized spacial score (nSPS) is 12.8. The summed E-state index contributed by atoms with van der Waals surface area (Å²) in [5, 5.41) is 9.62. The summed E-state index contributed by atoms with van der Waals surface area (Å²) < 4.78 is 0. The number of rotatable bonds is 3. The van der Waals surface area contributed by atoms with E-state index in [1.54, 1.807) is 6.92 Å². The van der Waals surface area contributed by atoms with Gasteiger partial charge in [-0.3, -0.25) is 4.79 Å². The summed E-state index contributed by atoms with van der Waals surface area (Å²) >= 11 is 4.31. The van der Waals surface area contributed by atoms with Gasteiger partial charge >= 0.3 is 0 Å². The van der Waals surface area contributed by atoms with Crippen LogP contribution in [0.2, 0.25) is 0 Å². The number of carbonyl (C=O) groups excluding carboxylic acids is 1. The Bertz CT molecular complexity index is 98.6. The second-order valence-corrected chi connectivity index (χ2v) is 1.87. The predicted molar refractivity (Wildman–Crippen MR) is 35.0 cm³/mol. The van der Waals surface area contributed by atoms with Crippen LogP contribution in [0.25, 0.3) is 0 Å². The van der Waals surface area contributed by atoms with Gasteiger partial charge in [0.05, 0.1) is 6.10 Å². The lowest BCUT2D eigenvalue weighted by molar-refractivity contribution is -0.113. The van der Waals surface area contributed by atoms with Crippen molar-refractivity contribution in [3.63, 3.8) is 0 Å². The number of hydrogen-bond acceptors (Lipinski definition) is 3. The van der Waals surface area contributed by atoms with Gasteiger partial charge in [0.25, 0.3) is 0 Å². The van der Waals surface area contributed by atoms with Crippen LogP contribution in [0, 0.1) is 0 Å². The number of carbonyl (C=O) groups is 1. The van der Waals surface area contributed by atoms with E-state index in [0.717, 1.165) is 5.37 Å². The van der Waals surface area contributed by atoms with Crippen LogP contribution in [-0.4, -0.2) is 22.4 Å². The van der Waals surface area contributed by atoms with E-state index >= 15 is 0 Å². The standard InChI is InChI=1S/C5H8O2S/c1-4(6)2-5(7)3-8/h3-4,6H,2H2,1H3. The minimum absolute atomic E-state index is 0.142. The Balaban J connectivity index is 3.39. The number of Topliss-reactive ketones (excluding diaryl/α,β-unsaturated/α-hetero) is 1. The third-order valence-corrected chi connectivity index (χ3v) is 0.891. The van der Waals surface area contributed by atoms with E-state index in [9.17, 15) is 4.79 Å². The SMILES string of the molecule is CC(O)CC(=O)C=S. The van der Waals surface area contributed by atoms with Crippen molar-refractivity contribution in [3.05, 3.63) is 0 Å². The molecule has 0 aliphatic carbocycles. The molecule has 0 aromatic rings. The molecular weight excluding hydrogens is 124 g/mol. The van der Waals surface area contributed by atoms with Crippen LogP contribution in [0.4, 0.5) is 0 Å². The van der Waals surface area contributed by atoms with Crippen molar-refractivity contribution in [2.75, 3.05) is 0 Å². The van der Waals surface area contributed by atoms with Gasteiger partial charge in [0, 0.05) is 11.8 Å². The molecule has 1 N–H and O–H groups in total. The zero-order chi connectivity index (χ0) is 6.57. The van der Waals surface area contributed by atoms with Gasteiger partial charge in [-0.25, -0.2) is 0 Å². The highest BCUT2D eigenvalue weighted by Gasteiger charge is 2.00. The largest absolute Gasteiger partial charge is 0.393 e. The van der Waals surface area contributed by atoms with Crippen molar-refractivity contribution in [2.45, 2.75) is 19.4 Å². The Labute approximate surface area is 53.5 Å². The lowest BCUT2D eigenvalue weighted by Gasteiger charge is -1.95. The first-order chi connectivity index (χ1) is 3.66. The monoisotopic (exact) mass is 132 g/mol. The molecule has 1 atom stereocenters. The molecule has 0 rings (SSSR count). The Morgan fingerprint density at radius 3 is 2.62 bits per heavy atom. The highest BCUT2D eigenvalue weighted by atomic mass is 32.1. The van der Waals surface area contributed by atoms with Gasteiger partial charge in [0.15, 0.2) is 5.78 Å². The van der Waals surface area contributed by atoms with E-state index in [0.29, 0.717) is 0 Å². The summed E-state index contributed by atoms with van der Waals surface area (Å²) in [5.74, 6) is -0.185.